The first-order valence-electron chi connectivity index (χ1n) is 8.12. The normalized spacial score (nSPS) is 18.7. The van der Waals surface area contributed by atoms with Crippen molar-refractivity contribution in [2.24, 2.45) is 0 Å². The van der Waals surface area contributed by atoms with Crippen molar-refractivity contribution < 1.29 is 0 Å². The van der Waals surface area contributed by atoms with Crippen LogP contribution in [0.25, 0.3) is 0 Å². The Morgan fingerprint density at radius 3 is 2.55 bits per heavy atom. The molecular weight excluding hydrogens is 294 g/mol. The fraction of sp³-hybridized carbons (Fsp3) is 0.625. The lowest BCUT2D eigenvalue weighted by atomic mass is 9.98. The molecule has 2 aromatic rings. The summed E-state index contributed by atoms with van der Waals surface area (Å²) in [6.07, 6.45) is 6.01. The average molecular weight is 315 g/mol. The maximum absolute atomic E-state index is 4.89. The van der Waals surface area contributed by atoms with Crippen LogP contribution in [0.1, 0.15) is 52.1 Å². The zero-order valence-corrected chi connectivity index (χ0v) is 14.0. The molecule has 4 rings (SSSR count). The van der Waals surface area contributed by atoms with Crippen molar-refractivity contribution in [3.63, 3.8) is 0 Å². The zero-order chi connectivity index (χ0) is 15.1. The maximum Gasteiger partial charge on any atom is 0.245 e. The molecule has 0 aromatic carbocycles. The van der Waals surface area contributed by atoms with Crippen molar-refractivity contribution in [3.05, 3.63) is 27.0 Å². The van der Waals surface area contributed by atoms with Crippen LogP contribution in [0.4, 0.5) is 5.95 Å². The predicted molar refractivity (Wildman–Crippen MR) is 87.6 cm³/mol. The lowest BCUT2D eigenvalue weighted by Crippen LogP contribution is -2.34. The number of rotatable bonds is 2. The van der Waals surface area contributed by atoms with Gasteiger partial charge < -0.3 is 4.90 Å². The van der Waals surface area contributed by atoms with Crippen molar-refractivity contribution in [1.29, 1.82) is 0 Å². The van der Waals surface area contributed by atoms with Crippen LogP contribution in [-0.2, 0) is 12.8 Å². The summed E-state index contributed by atoms with van der Waals surface area (Å²) in [6.45, 7) is 5.95. The highest BCUT2D eigenvalue weighted by Gasteiger charge is 2.27. The van der Waals surface area contributed by atoms with E-state index < -0.39 is 0 Å². The largest absolute Gasteiger partial charge is 0.339 e. The molecule has 0 spiro atoms. The van der Waals surface area contributed by atoms with Crippen molar-refractivity contribution in [2.45, 2.75) is 51.9 Å². The third kappa shape index (κ3) is 2.49. The number of thiazole rings is 1. The Kier molecular flexibility index (Phi) is 3.56. The van der Waals surface area contributed by atoms with E-state index in [2.05, 4.69) is 20.1 Å². The van der Waals surface area contributed by atoms with Crippen LogP contribution < -0.4 is 4.90 Å². The first kappa shape index (κ1) is 14.1. The molecule has 0 N–H and O–H groups in total. The fourth-order valence-corrected chi connectivity index (χ4v) is 4.61. The Labute approximate surface area is 134 Å². The summed E-state index contributed by atoms with van der Waals surface area (Å²) in [4.78, 5) is 13.3. The van der Waals surface area contributed by atoms with E-state index in [1.807, 2.05) is 25.2 Å². The molecule has 1 aliphatic heterocycles. The number of aromatic nitrogens is 4. The molecule has 0 amide bonds. The Morgan fingerprint density at radius 2 is 1.82 bits per heavy atom. The van der Waals surface area contributed by atoms with Gasteiger partial charge in [0.25, 0.3) is 0 Å². The van der Waals surface area contributed by atoms with Crippen LogP contribution in [0.2, 0.25) is 0 Å². The molecule has 2 aliphatic rings. The van der Waals surface area contributed by atoms with Gasteiger partial charge in [0.2, 0.25) is 5.95 Å². The van der Waals surface area contributed by atoms with Crippen LogP contribution >= 0.6 is 11.3 Å². The molecule has 3 heterocycles. The van der Waals surface area contributed by atoms with E-state index in [9.17, 15) is 0 Å². The van der Waals surface area contributed by atoms with Crippen LogP contribution in [0.3, 0.4) is 0 Å². The molecule has 1 saturated heterocycles. The smallest absolute Gasteiger partial charge is 0.245 e. The number of hydrogen-bond acceptors (Lipinski definition) is 6. The Balaban J connectivity index is 1.44. The first-order chi connectivity index (χ1) is 10.7. The van der Waals surface area contributed by atoms with Gasteiger partial charge in [-0.25, -0.2) is 9.97 Å². The van der Waals surface area contributed by atoms with Gasteiger partial charge in [0.15, 0.2) is 0 Å². The van der Waals surface area contributed by atoms with Gasteiger partial charge in [-0.1, -0.05) is 0 Å². The van der Waals surface area contributed by atoms with Crippen LogP contribution in [-0.4, -0.2) is 33.3 Å². The number of anilines is 1. The highest BCUT2D eigenvalue weighted by Crippen LogP contribution is 2.36. The van der Waals surface area contributed by atoms with E-state index in [-0.39, 0.29) is 0 Å². The Morgan fingerprint density at radius 1 is 1.00 bits per heavy atom. The lowest BCUT2D eigenvalue weighted by molar-refractivity contribution is 0.495. The molecule has 5 nitrogen and oxygen atoms in total. The first-order valence-corrected chi connectivity index (χ1v) is 8.93. The topological polar surface area (TPSA) is 54.8 Å². The molecule has 2 aromatic heterocycles. The minimum absolute atomic E-state index is 0.617. The summed E-state index contributed by atoms with van der Waals surface area (Å²) in [5.74, 6) is 1.40. The van der Waals surface area contributed by atoms with E-state index >= 15 is 0 Å². The summed E-state index contributed by atoms with van der Waals surface area (Å²) in [5.41, 5.74) is 3.27. The second-order valence-electron chi connectivity index (χ2n) is 6.32. The number of piperidine rings is 1. The number of nitrogens with zero attached hydrogens (tertiary/aromatic N) is 5. The van der Waals surface area contributed by atoms with E-state index in [0.717, 1.165) is 43.3 Å². The van der Waals surface area contributed by atoms with E-state index in [4.69, 9.17) is 4.98 Å². The third-order valence-corrected chi connectivity index (χ3v) is 6.14. The molecule has 116 valence electrons. The molecule has 22 heavy (non-hydrogen) atoms. The predicted octanol–water partition coefficient (Wildman–Crippen LogP) is 2.82. The summed E-state index contributed by atoms with van der Waals surface area (Å²) in [5, 5.41) is 9.82. The molecule has 0 bridgehead atoms. The van der Waals surface area contributed by atoms with Gasteiger partial charge in [-0.3, -0.25) is 0 Å². The second kappa shape index (κ2) is 5.57. The molecule has 6 heteroatoms. The monoisotopic (exact) mass is 315 g/mol. The highest BCUT2D eigenvalue weighted by molar-refractivity contribution is 7.11. The molecule has 0 saturated carbocycles. The fourth-order valence-electron chi connectivity index (χ4n) is 3.29. The minimum atomic E-state index is 0.617. The standard InChI is InChI=1S/C16H21N5S/c1-10-11(2)19-20-16(17-10)21-8-6-12(7-9-21)15-18-13-4-3-5-14(13)22-15/h12H,3-9H2,1-2H3. The second-order valence-corrected chi connectivity index (χ2v) is 7.43. The lowest BCUT2D eigenvalue weighted by Gasteiger charge is -2.31. The minimum Gasteiger partial charge on any atom is -0.339 e. The van der Waals surface area contributed by atoms with Crippen molar-refractivity contribution in [1.82, 2.24) is 20.2 Å². The Bertz CT molecular complexity index is 666. The summed E-state index contributed by atoms with van der Waals surface area (Å²) >= 11 is 1.96. The van der Waals surface area contributed by atoms with Crippen LogP contribution in [0.15, 0.2) is 0 Å². The van der Waals surface area contributed by atoms with Crippen molar-refractivity contribution in [2.75, 3.05) is 18.0 Å². The van der Waals surface area contributed by atoms with Crippen LogP contribution in [0, 0.1) is 13.8 Å². The molecular formula is C16H21N5S. The Hall–Kier alpha value is -1.56. The van der Waals surface area contributed by atoms with Gasteiger partial charge in [0.05, 0.1) is 22.1 Å². The van der Waals surface area contributed by atoms with Gasteiger partial charge in [-0.2, -0.15) is 5.10 Å². The van der Waals surface area contributed by atoms with Crippen molar-refractivity contribution >= 4 is 17.3 Å². The molecule has 1 aliphatic carbocycles. The van der Waals surface area contributed by atoms with E-state index in [0.29, 0.717) is 5.92 Å². The van der Waals surface area contributed by atoms with Gasteiger partial charge in [-0.15, -0.1) is 16.4 Å². The number of hydrogen-bond donors (Lipinski definition) is 0. The summed E-state index contributed by atoms with van der Waals surface area (Å²) < 4.78 is 0. The highest BCUT2D eigenvalue weighted by atomic mass is 32.1. The quantitative estimate of drug-likeness (QED) is 0.853. The SMILES string of the molecule is Cc1nnc(N2CCC(c3nc4c(s3)CCC4)CC2)nc1C. The van der Waals surface area contributed by atoms with Gasteiger partial charge in [0.1, 0.15) is 0 Å². The van der Waals surface area contributed by atoms with Crippen molar-refractivity contribution in [3.8, 4) is 0 Å². The summed E-state index contributed by atoms with van der Waals surface area (Å²) in [7, 11) is 0. The van der Waals surface area contributed by atoms with Gasteiger partial charge in [0, 0.05) is 23.9 Å². The average Bonchev–Trinajstić information content (AvgIpc) is 3.12. The number of fused-ring (bicyclic) bond motifs is 1. The van der Waals surface area contributed by atoms with Gasteiger partial charge in [-0.05, 0) is 46.0 Å². The van der Waals surface area contributed by atoms with Gasteiger partial charge >= 0.3 is 0 Å². The molecule has 1 fully saturated rings. The molecule has 0 unspecified atom stereocenters. The van der Waals surface area contributed by atoms with E-state index in [1.165, 1.54) is 30.0 Å². The maximum atomic E-state index is 4.89. The van der Waals surface area contributed by atoms with Crippen LogP contribution in [0.5, 0.6) is 0 Å². The summed E-state index contributed by atoms with van der Waals surface area (Å²) in [6, 6.07) is 0. The molecule has 0 radical (unpaired) electrons. The zero-order valence-electron chi connectivity index (χ0n) is 13.2. The van der Waals surface area contributed by atoms with E-state index in [1.54, 1.807) is 4.88 Å². The third-order valence-electron chi connectivity index (χ3n) is 4.82. The molecule has 0 atom stereocenters. The number of aryl methyl sites for hydroxylation is 4.